The number of hydrogen-bond acceptors (Lipinski definition) is 2. The molecule has 3 aromatic carbocycles. The summed E-state index contributed by atoms with van der Waals surface area (Å²) in [7, 11) is 0. The zero-order chi connectivity index (χ0) is 20.8. The molecule has 0 unspecified atom stereocenters. The first kappa shape index (κ1) is 20.4. The Kier molecular flexibility index (Phi) is 6.60. The number of likely N-dealkylation sites (tertiary alicyclic amines) is 1. The molecule has 1 saturated heterocycles. The lowest BCUT2D eigenvalue weighted by Gasteiger charge is -2.42. The molecule has 0 aliphatic carbocycles. The average molecular weight is 399 g/mol. The Morgan fingerprint density at radius 3 is 1.73 bits per heavy atom. The molecule has 0 radical (unpaired) electrons. The van der Waals surface area contributed by atoms with Gasteiger partial charge in [-0.25, -0.2) is 0 Å². The number of carbonyl (C=O) groups excluding carboxylic acids is 1. The molecule has 0 saturated carbocycles. The second-order valence-electron chi connectivity index (χ2n) is 8.37. The highest BCUT2D eigenvalue weighted by molar-refractivity contribution is 5.79. The summed E-state index contributed by atoms with van der Waals surface area (Å²) in [6.07, 6.45) is 0.907. The van der Waals surface area contributed by atoms with Crippen LogP contribution in [0.3, 0.4) is 0 Å². The second-order valence-corrected chi connectivity index (χ2v) is 8.37. The van der Waals surface area contributed by atoms with Gasteiger partial charge in [-0.1, -0.05) is 97.9 Å². The lowest BCUT2D eigenvalue weighted by molar-refractivity contribution is -0.141. The fourth-order valence-corrected chi connectivity index (χ4v) is 4.40. The van der Waals surface area contributed by atoms with Crippen LogP contribution in [0.5, 0.6) is 0 Å². The van der Waals surface area contributed by atoms with Crippen LogP contribution in [0.4, 0.5) is 0 Å². The number of hydrogen-bond donors (Lipinski definition) is 0. The van der Waals surface area contributed by atoms with Crippen molar-refractivity contribution in [1.29, 1.82) is 0 Å². The van der Waals surface area contributed by atoms with E-state index in [9.17, 15) is 4.79 Å². The Balaban J connectivity index is 1.55. The molecule has 0 bridgehead atoms. The molecule has 2 atom stereocenters. The highest BCUT2D eigenvalue weighted by atomic mass is 16.2. The van der Waals surface area contributed by atoms with Crippen molar-refractivity contribution in [3.63, 3.8) is 0 Å². The topological polar surface area (TPSA) is 23.6 Å². The molecule has 3 nitrogen and oxygen atoms in total. The first-order valence-corrected chi connectivity index (χ1v) is 10.8. The van der Waals surface area contributed by atoms with E-state index < -0.39 is 0 Å². The first-order valence-electron chi connectivity index (χ1n) is 10.8. The zero-order valence-electron chi connectivity index (χ0n) is 17.7. The van der Waals surface area contributed by atoms with Gasteiger partial charge in [0.2, 0.25) is 5.91 Å². The summed E-state index contributed by atoms with van der Waals surface area (Å²) in [6, 6.07) is 32.0. The molecule has 0 aromatic heterocycles. The molecule has 154 valence electrons. The number of rotatable bonds is 7. The van der Waals surface area contributed by atoms with E-state index in [1.54, 1.807) is 0 Å². The molecule has 1 fully saturated rings. The van der Waals surface area contributed by atoms with Crippen LogP contribution in [0.1, 0.15) is 30.0 Å². The zero-order valence-corrected chi connectivity index (χ0v) is 17.7. The van der Waals surface area contributed by atoms with Crippen LogP contribution in [0.25, 0.3) is 0 Å². The normalized spacial score (nSPS) is 19.3. The van der Waals surface area contributed by atoms with E-state index in [1.807, 2.05) is 18.2 Å². The molecule has 1 aliphatic rings. The second kappa shape index (κ2) is 9.73. The number of carbonyl (C=O) groups is 1. The number of piperidine rings is 1. The van der Waals surface area contributed by atoms with E-state index >= 15 is 0 Å². The Hall–Kier alpha value is -2.91. The molecular weight excluding hydrogens is 368 g/mol. The molecule has 0 N–H and O–H groups in total. The fraction of sp³-hybridized carbons (Fsp3) is 0.296. The monoisotopic (exact) mass is 398 g/mol. The van der Waals surface area contributed by atoms with Gasteiger partial charge in [0, 0.05) is 38.1 Å². The minimum absolute atomic E-state index is 0.0431. The maximum atomic E-state index is 12.9. The summed E-state index contributed by atoms with van der Waals surface area (Å²) in [5.41, 5.74) is 3.82. The number of nitrogens with zero attached hydrogens (tertiary/aromatic N) is 2. The summed E-state index contributed by atoms with van der Waals surface area (Å²) in [5.74, 6) is 0.316. The van der Waals surface area contributed by atoms with E-state index in [2.05, 4.69) is 89.5 Å². The van der Waals surface area contributed by atoms with Crippen LogP contribution in [0.15, 0.2) is 91.0 Å². The van der Waals surface area contributed by atoms with Crippen LogP contribution in [0.2, 0.25) is 0 Å². The molecule has 4 rings (SSSR count). The Bertz CT molecular complexity index is 885. The summed E-state index contributed by atoms with van der Waals surface area (Å²) >= 11 is 0. The molecule has 1 amide bonds. The van der Waals surface area contributed by atoms with Crippen LogP contribution >= 0.6 is 0 Å². The Morgan fingerprint density at radius 2 is 1.23 bits per heavy atom. The predicted octanol–water partition coefficient (Wildman–Crippen LogP) is 5.13. The molecule has 3 heteroatoms. The van der Waals surface area contributed by atoms with Crippen molar-refractivity contribution in [2.45, 2.75) is 39.0 Å². The number of amides is 1. The van der Waals surface area contributed by atoms with Crippen LogP contribution < -0.4 is 0 Å². The fourth-order valence-electron chi connectivity index (χ4n) is 4.40. The van der Waals surface area contributed by atoms with Gasteiger partial charge >= 0.3 is 0 Å². The minimum atomic E-state index is 0.0431. The minimum Gasteiger partial charge on any atom is -0.337 e. The molecule has 0 spiro atoms. The average Bonchev–Trinajstić information content (AvgIpc) is 2.78. The standard InChI is InChI=1S/C27H30N2O/c1-22-17-26(21-29(27(22)30)20-25-15-9-4-10-16-25)28(18-23-11-5-2-6-12-23)19-24-13-7-3-8-14-24/h2-16,22,26H,17-21H2,1H3/t22-,26-/m0/s1. The van der Waals surface area contributed by atoms with Crippen molar-refractivity contribution < 1.29 is 4.79 Å². The third kappa shape index (κ3) is 5.17. The van der Waals surface area contributed by atoms with Gasteiger partial charge in [0.25, 0.3) is 0 Å². The summed E-state index contributed by atoms with van der Waals surface area (Å²) in [6.45, 7) is 5.32. The quantitative estimate of drug-likeness (QED) is 0.551. The van der Waals surface area contributed by atoms with E-state index in [1.165, 1.54) is 16.7 Å². The molecule has 1 heterocycles. The van der Waals surface area contributed by atoms with Crippen molar-refractivity contribution >= 4 is 5.91 Å². The van der Waals surface area contributed by atoms with Gasteiger partial charge in [0.05, 0.1) is 0 Å². The molecular formula is C27H30N2O. The van der Waals surface area contributed by atoms with Gasteiger partial charge in [-0.2, -0.15) is 0 Å². The summed E-state index contributed by atoms with van der Waals surface area (Å²) in [4.78, 5) is 17.5. The maximum Gasteiger partial charge on any atom is 0.225 e. The first-order chi connectivity index (χ1) is 14.7. The highest BCUT2D eigenvalue weighted by Crippen LogP contribution is 2.26. The van der Waals surface area contributed by atoms with Gasteiger partial charge in [-0.05, 0) is 23.1 Å². The Labute approximate surface area is 180 Å². The highest BCUT2D eigenvalue weighted by Gasteiger charge is 2.34. The molecule has 3 aromatic rings. The molecule has 1 aliphatic heterocycles. The maximum absolute atomic E-state index is 12.9. The van der Waals surface area contributed by atoms with E-state index in [-0.39, 0.29) is 11.8 Å². The SMILES string of the molecule is C[C@H]1C[C@H](N(Cc2ccccc2)Cc2ccccc2)CN(Cc2ccccc2)C1=O. The third-order valence-electron chi connectivity index (χ3n) is 5.98. The molecule has 30 heavy (non-hydrogen) atoms. The van der Waals surface area contributed by atoms with Gasteiger partial charge in [0.1, 0.15) is 0 Å². The van der Waals surface area contributed by atoms with E-state index in [0.717, 1.165) is 26.1 Å². The van der Waals surface area contributed by atoms with Gasteiger partial charge in [-0.3, -0.25) is 9.69 Å². The number of benzene rings is 3. The largest absolute Gasteiger partial charge is 0.337 e. The van der Waals surface area contributed by atoms with Crippen molar-refractivity contribution in [3.05, 3.63) is 108 Å². The van der Waals surface area contributed by atoms with Crippen LogP contribution in [-0.2, 0) is 24.4 Å². The van der Waals surface area contributed by atoms with Crippen LogP contribution in [0, 0.1) is 5.92 Å². The Morgan fingerprint density at radius 1 is 0.767 bits per heavy atom. The van der Waals surface area contributed by atoms with E-state index in [0.29, 0.717) is 12.6 Å². The van der Waals surface area contributed by atoms with Crippen LogP contribution in [-0.4, -0.2) is 28.3 Å². The smallest absolute Gasteiger partial charge is 0.225 e. The van der Waals surface area contributed by atoms with Gasteiger partial charge in [0.15, 0.2) is 0 Å². The van der Waals surface area contributed by atoms with Gasteiger partial charge < -0.3 is 4.90 Å². The van der Waals surface area contributed by atoms with Gasteiger partial charge in [-0.15, -0.1) is 0 Å². The summed E-state index contributed by atoms with van der Waals surface area (Å²) in [5, 5.41) is 0. The third-order valence-corrected chi connectivity index (χ3v) is 5.98. The lowest BCUT2D eigenvalue weighted by Crippen LogP contribution is -2.52. The predicted molar refractivity (Wildman–Crippen MR) is 122 cm³/mol. The van der Waals surface area contributed by atoms with Crippen molar-refractivity contribution in [2.24, 2.45) is 5.92 Å². The van der Waals surface area contributed by atoms with Crippen molar-refractivity contribution in [1.82, 2.24) is 9.80 Å². The van der Waals surface area contributed by atoms with Crippen molar-refractivity contribution in [3.8, 4) is 0 Å². The van der Waals surface area contributed by atoms with Crippen molar-refractivity contribution in [2.75, 3.05) is 6.54 Å². The summed E-state index contributed by atoms with van der Waals surface area (Å²) < 4.78 is 0. The lowest BCUT2D eigenvalue weighted by atomic mass is 9.92. The van der Waals surface area contributed by atoms with E-state index in [4.69, 9.17) is 0 Å².